The van der Waals surface area contributed by atoms with Crippen LogP contribution in [0.3, 0.4) is 0 Å². The highest BCUT2D eigenvalue weighted by Crippen LogP contribution is 2.35. The number of allylic oxidation sites excluding steroid dienone is 3. The van der Waals surface area contributed by atoms with Crippen LogP contribution >= 0.6 is 11.6 Å². The van der Waals surface area contributed by atoms with Gasteiger partial charge in [0.05, 0.1) is 17.8 Å². The summed E-state index contributed by atoms with van der Waals surface area (Å²) in [5, 5.41) is -0.573. The van der Waals surface area contributed by atoms with Gasteiger partial charge in [0, 0.05) is 5.57 Å². The number of hydrogen-bond donors (Lipinski definition) is 0. The first kappa shape index (κ1) is 16.2. The van der Waals surface area contributed by atoms with E-state index in [-0.39, 0.29) is 17.0 Å². The molecule has 1 aromatic heterocycles. The Balaban J connectivity index is 3.41. The lowest BCUT2D eigenvalue weighted by Gasteiger charge is -2.11. The van der Waals surface area contributed by atoms with Crippen molar-refractivity contribution < 1.29 is 22.3 Å². The maximum atomic E-state index is 13.4. The molecular formula is C13H10ClF4NO. The second-order valence-corrected chi connectivity index (χ2v) is 4.07. The van der Waals surface area contributed by atoms with Crippen molar-refractivity contribution in [2.75, 3.05) is 7.11 Å². The maximum absolute atomic E-state index is 13.4. The van der Waals surface area contributed by atoms with Gasteiger partial charge in [-0.3, -0.25) is 0 Å². The predicted octanol–water partition coefficient (Wildman–Crippen LogP) is 4.78. The van der Waals surface area contributed by atoms with Crippen LogP contribution < -0.4 is 0 Å². The van der Waals surface area contributed by atoms with Crippen LogP contribution in [0.1, 0.15) is 11.4 Å². The smallest absolute Gasteiger partial charge is 0.434 e. The summed E-state index contributed by atoms with van der Waals surface area (Å²) in [6.45, 7) is 6.47. The van der Waals surface area contributed by atoms with Crippen LogP contribution in [0.15, 0.2) is 43.0 Å². The standard InChI is InChI=1S/C13H10ClF4NO/c1-7(20-3)6-9(8(2)15)11-5-4-10(14)12(19-11)13(16,17)18/h4-6H,1-2H2,3H3. The summed E-state index contributed by atoms with van der Waals surface area (Å²) in [6, 6.07) is 2.14. The average molecular weight is 308 g/mol. The Morgan fingerprint density at radius 3 is 2.40 bits per heavy atom. The summed E-state index contributed by atoms with van der Waals surface area (Å²) >= 11 is 5.44. The van der Waals surface area contributed by atoms with Gasteiger partial charge in [0.15, 0.2) is 5.69 Å². The Morgan fingerprint density at radius 1 is 1.35 bits per heavy atom. The van der Waals surface area contributed by atoms with E-state index in [0.717, 1.165) is 18.2 Å². The number of halogens is 5. The Hall–Kier alpha value is -1.82. The summed E-state index contributed by atoms with van der Waals surface area (Å²) in [5.74, 6) is -0.921. The van der Waals surface area contributed by atoms with Gasteiger partial charge in [-0.25, -0.2) is 9.37 Å². The minimum atomic E-state index is -4.74. The SMILES string of the molecule is C=C(C=C(C(=C)F)c1ccc(Cl)c(C(F)(F)F)n1)OC. The second kappa shape index (κ2) is 6.09. The van der Waals surface area contributed by atoms with Crippen molar-refractivity contribution in [3.05, 3.63) is 59.4 Å². The van der Waals surface area contributed by atoms with Crippen LogP contribution in [0.25, 0.3) is 5.57 Å². The Labute approximate surface area is 118 Å². The van der Waals surface area contributed by atoms with Crippen molar-refractivity contribution >= 4 is 17.2 Å². The molecule has 0 aliphatic rings. The molecule has 0 saturated carbocycles. The monoisotopic (exact) mass is 307 g/mol. The van der Waals surface area contributed by atoms with Gasteiger partial charge >= 0.3 is 6.18 Å². The van der Waals surface area contributed by atoms with Crippen molar-refractivity contribution in [1.29, 1.82) is 0 Å². The third-order valence-corrected chi connectivity index (χ3v) is 2.56. The first-order valence-corrected chi connectivity index (χ1v) is 5.58. The molecule has 0 amide bonds. The predicted molar refractivity (Wildman–Crippen MR) is 68.6 cm³/mol. The molecule has 0 aliphatic heterocycles. The van der Waals surface area contributed by atoms with E-state index in [4.69, 9.17) is 16.3 Å². The molecule has 0 aromatic carbocycles. The minimum absolute atomic E-state index is 0.0455. The minimum Gasteiger partial charge on any atom is -0.497 e. The van der Waals surface area contributed by atoms with Crippen LogP contribution in [0.4, 0.5) is 17.6 Å². The van der Waals surface area contributed by atoms with Gasteiger partial charge in [0.1, 0.15) is 11.6 Å². The molecule has 0 unspecified atom stereocenters. The van der Waals surface area contributed by atoms with E-state index in [0.29, 0.717) is 0 Å². The van der Waals surface area contributed by atoms with Gasteiger partial charge in [-0.1, -0.05) is 24.8 Å². The van der Waals surface area contributed by atoms with Crippen molar-refractivity contribution in [3.8, 4) is 0 Å². The molecule has 7 heteroatoms. The molecule has 0 radical (unpaired) electrons. The third-order valence-electron chi connectivity index (χ3n) is 2.25. The fourth-order valence-corrected chi connectivity index (χ4v) is 1.51. The molecule has 0 atom stereocenters. The zero-order valence-corrected chi connectivity index (χ0v) is 11.1. The highest BCUT2D eigenvalue weighted by Gasteiger charge is 2.35. The fourth-order valence-electron chi connectivity index (χ4n) is 1.30. The number of ether oxygens (including phenoxy) is 1. The highest BCUT2D eigenvalue weighted by molar-refractivity contribution is 6.31. The van der Waals surface area contributed by atoms with E-state index in [2.05, 4.69) is 18.1 Å². The van der Waals surface area contributed by atoms with Crippen molar-refractivity contribution in [2.24, 2.45) is 0 Å². The van der Waals surface area contributed by atoms with Crippen molar-refractivity contribution in [2.45, 2.75) is 6.18 Å². The van der Waals surface area contributed by atoms with Gasteiger partial charge in [0.2, 0.25) is 0 Å². The van der Waals surface area contributed by atoms with Crippen molar-refractivity contribution in [3.63, 3.8) is 0 Å². The number of methoxy groups -OCH3 is 1. The summed E-state index contributed by atoms with van der Waals surface area (Å²) in [7, 11) is 1.29. The molecule has 0 bridgehead atoms. The molecule has 0 spiro atoms. The average Bonchev–Trinajstić information content (AvgIpc) is 2.34. The van der Waals surface area contributed by atoms with E-state index in [1.165, 1.54) is 7.11 Å². The van der Waals surface area contributed by atoms with Crippen LogP contribution in [-0.2, 0) is 10.9 Å². The molecule has 0 N–H and O–H groups in total. The first-order chi connectivity index (χ1) is 9.16. The Kier molecular flexibility index (Phi) is 4.94. The van der Waals surface area contributed by atoms with Gasteiger partial charge in [-0.15, -0.1) is 0 Å². The summed E-state index contributed by atoms with van der Waals surface area (Å²) in [5.41, 5.74) is -1.83. The number of pyridine rings is 1. The molecule has 2 nitrogen and oxygen atoms in total. The van der Waals surface area contributed by atoms with E-state index in [9.17, 15) is 17.6 Å². The first-order valence-electron chi connectivity index (χ1n) is 5.20. The molecule has 0 saturated heterocycles. The third kappa shape index (κ3) is 3.84. The normalized spacial score (nSPS) is 12.2. The molecular weight excluding hydrogens is 298 g/mol. The van der Waals surface area contributed by atoms with Crippen LogP contribution in [-0.4, -0.2) is 12.1 Å². The lowest BCUT2D eigenvalue weighted by molar-refractivity contribution is -0.141. The number of hydrogen-bond acceptors (Lipinski definition) is 2. The lowest BCUT2D eigenvalue weighted by atomic mass is 10.1. The summed E-state index contributed by atoms with van der Waals surface area (Å²) < 4.78 is 56.2. The zero-order valence-electron chi connectivity index (χ0n) is 10.4. The van der Waals surface area contributed by atoms with Crippen LogP contribution in [0.5, 0.6) is 0 Å². The van der Waals surface area contributed by atoms with Crippen molar-refractivity contribution in [1.82, 2.24) is 4.98 Å². The molecule has 108 valence electrons. The van der Waals surface area contributed by atoms with Gasteiger partial charge in [0.25, 0.3) is 0 Å². The second-order valence-electron chi connectivity index (χ2n) is 3.66. The van der Waals surface area contributed by atoms with Gasteiger partial charge < -0.3 is 4.74 Å². The molecule has 0 fully saturated rings. The van der Waals surface area contributed by atoms with Gasteiger partial charge in [-0.2, -0.15) is 13.2 Å². The lowest BCUT2D eigenvalue weighted by Crippen LogP contribution is -2.10. The quantitative estimate of drug-likeness (QED) is 0.454. The Bertz CT molecular complexity index is 578. The number of alkyl halides is 3. The summed E-state index contributed by atoms with van der Waals surface area (Å²) in [6.07, 6.45) is -3.65. The largest absolute Gasteiger partial charge is 0.497 e. The number of rotatable bonds is 4. The highest BCUT2D eigenvalue weighted by atomic mass is 35.5. The molecule has 1 aromatic rings. The zero-order chi connectivity index (χ0) is 15.5. The van der Waals surface area contributed by atoms with E-state index >= 15 is 0 Å². The topological polar surface area (TPSA) is 22.1 Å². The molecule has 20 heavy (non-hydrogen) atoms. The van der Waals surface area contributed by atoms with Crippen LogP contribution in [0, 0.1) is 0 Å². The molecule has 0 aliphatic carbocycles. The number of aromatic nitrogens is 1. The summed E-state index contributed by atoms with van der Waals surface area (Å²) in [4.78, 5) is 3.33. The molecule has 1 heterocycles. The van der Waals surface area contributed by atoms with E-state index in [1.807, 2.05) is 0 Å². The number of nitrogens with zero attached hydrogens (tertiary/aromatic N) is 1. The maximum Gasteiger partial charge on any atom is 0.434 e. The fraction of sp³-hybridized carbons (Fsp3) is 0.154. The van der Waals surface area contributed by atoms with Crippen LogP contribution in [0.2, 0.25) is 5.02 Å². The van der Waals surface area contributed by atoms with Gasteiger partial charge in [-0.05, 0) is 18.2 Å². The van der Waals surface area contributed by atoms with E-state index < -0.39 is 22.7 Å². The molecule has 1 rings (SSSR count). The Morgan fingerprint density at radius 2 is 1.95 bits per heavy atom. The van der Waals surface area contributed by atoms with E-state index in [1.54, 1.807) is 0 Å².